The molecule has 10 heteroatoms. The molecule has 0 unspecified atom stereocenters. The Kier molecular flexibility index (Phi) is 8.40. The molecule has 3 aromatic carbocycles. The summed E-state index contributed by atoms with van der Waals surface area (Å²) in [5.74, 6) is -0.949. The van der Waals surface area contributed by atoms with Crippen molar-refractivity contribution in [2.75, 3.05) is 31.6 Å². The number of phenolic OH excluding ortho intramolecular Hbond substituents is 1. The van der Waals surface area contributed by atoms with Crippen LogP contribution < -0.4 is 15.2 Å². The average Bonchev–Trinajstić information content (AvgIpc) is 3.00. The molecule has 0 radical (unpaired) electrons. The van der Waals surface area contributed by atoms with Crippen LogP contribution >= 0.6 is 11.6 Å². The summed E-state index contributed by atoms with van der Waals surface area (Å²) in [5, 5.41) is 11.8. The molecule has 44 heavy (non-hydrogen) atoms. The van der Waals surface area contributed by atoms with Crippen molar-refractivity contribution in [1.29, 1.82) is 0 Å². The number of nitrogens with zero attached hydrogens (tertiary/aromatic N) is 4. The van der Waals surface area contributed by atoms with Crippen molar-refractivity contribution >= 4 is 39.8 Å². The van der Waals surface area contributed by atoms with Crippen molar-refractivity contribution in [1.82, 2.24) is 9.47 Å². The number of anilines is 1. The second-order valence-electron chi connectivity index (χ2n) is 11.0. The molecule has 8 nitrogen and oxygen atoms in total. The summed E-state index contributed by atoms with van der Waals surface area (Å²) < 4.78 is 22.1. The molecule has 1 atom stereocenters. The van der Waals surface area contributed by atoms with E-state index in [-0.39, 0.29) is 51.2 Å². The molecule has 5 rings (SSSR count). The van der Waals surface area contributed by atoms with Crippen LogP contribution in [0.4, 0.5) is 15.8 Å². The first-order valence-corrected chi connectivity index (χ1v) is 14.5. The van der Waals surface area contributed by atoms with Crippen LogP contribution in [-0.2, 0) is 4.79 Å². The minimum absolute atomic E-state index is 0.0163. The van der Waals surface area contributed by atoms with Gasteiger partial charge in [-0.15, -0.1) is 0 Å². The van der Waals surface area contributed by atoms with E-state index in [1.165, 1.54) is 36.0 Å². The first kappa shape index (κ1) is 30.6. The van der Waals surface area contributed by atoms with Crippen LogP contribution in [0.1, 0.15) is 32.3 Å². The molecule has 2 heterocycles. The van der Waals surface area contributed by atoms with Gasteiger partial charge in [-0.1, -0.05) is 50.2 Å². The number of fused-ring (bicyclic) bond motifs is 1. The number of rotatable bonds is 6. The lowest BCUT2D eigenvalue weighted by Gasteiger charge is -2.42. The summed E-state index contributed by atoms with van der Waals surface area (Å²) in [7, 11) is 1.40. The van der Waals surface area contributed by atoms with Crippen molar-refractivity contribution in [3.05, 3.63) is 99.4 Å². The standard InChI is InChI=1S/C34H32ClFN4O4/c1-7-30(42)38-12-13-39(20(4)18-38)33-23-17-29(41)24(31-25(35)14-21(44-6)15-26(31)36)16-28(23)40(34(43)32(33)37-5)27-11-9-8-10-22(27)19(2)3/h7-11,14-17,19-20,41H,1,12-13,18H2,2-4,6H3/t20-/m0/s1. The molecular weight excluding hydrogens is 583 g/mol. The molecule has 4 aromatic rings. The molecule has 1 amide bonds. The van der Waals surface area contributed by atoms with E-state index in [1.807, 2.05) is 43.9 Å². The highest BCUT2D eigenvalue weighted by atomic mass is 35.5. The summed E-state index contributed by atoms with van der Waals surface area (Å²) in [4.78, 5) is 34.0. The molecular formula is C34H32ClFN4O4. The second kappa shape index (κ2) is 12.1. The second-order valence-corrected chi connectivity index (χ2v) is 11.5. The Morgan fingerprint density at radius 2 is 1.95 bits per heavy atom. The number of piperazine rings is 1. The summed E-state index contributed by atoms with van der Waals surface area (Å²) in [5.41, 5.74) is 1.50. The number of methoxy groups -OCH3 is 1. The van der Waals surface area contributed by atoms with Gasteiger partial charge in [-0.2, -0.15) is 0 Å². The molecule has 0 saturated carbocycles. The lowest BCUT2D eigenvalue weighted by molar-refractivity contribution is -0.126. The zero-order chi connectivity index (χ0) is 31.9. The Morgan fingerprint density at radius 3 is 2.57 bits per heavy atom. The Balaban J connectivity index is 1.88. The molecule has 1 fully saturated rings. The predicted molar refractivity (Wildman–Crippen MR) is 172 cm³/mol. The number of carbonyl (C=O) groups is 1. The summed E-state index contributed by atoms with van der Waals surface area (Å²) in [6.07, 6.45) is 1.26. The van der Waals surface area contributed by atoms with Crippen LogP contribution in [0.3, 0.4) is 0 Å². The van der Waals surface area contributed by atoms with Gasteiger partial charge in [0.15, 0.2) is 0 Å². The van der Waals surface area contributed by atoms with Gasteiger partial charge < -0.3 is 19.6 Å². The van der Waals surface area contributed by atoms with Gasteiger partial charge in [0.05, 0.1) is 35.6 Å². The fourth-order valence-corrected chi connectivity index (χ4v) is 6.25. The van der Waals surface area contributed by atoms with Gasteiger partial charge in [0.1, 0.15) is 17.3 Å². The van der Waals surface area contributed by atoms with Gasteiger partial charge >= 0.3 is 0 Å². The number of ether oxygens (including phenoxy) is 1. The van der Waals surface area contributed by atoms with E-state index in [2.05, 4.69) is 11.4 Å². The number of halogens is 2. The van der Waals surface area contributed by atoms with Crippen LogP contribution in [0, 0.1) is 12.4 Å². The largest absolute Gasteiger partial charge is 0.507 e. The van der Waals surface area contributed by atoms with E-state index >= 15 is 4.39 Å². The molecule has 226 valence electrons. The van der Waals surface area contributed by atoms with Crippen LogP contribution in [0.25, 0.3) is 32.6 Å². The van der Waals surface area contributed by atoms with Crippen molar-refractivity contribution in [3.63, 3.8) is 0 Å². The Hall–Kier alpha value is -4.81. The highest BCUT2D eigenvalue weighted by Gasteiger charge is 2.32. The molecule has 0 spiro atoms. The normalized spacial score (nSPS) is 15.0. The number of hydrogen-bond donors (Lipinski definition) is 1. The van der Waals surface area contributed by atoms with Gasteiger partial charge in [-0.05, 0) is 48.7 Å². The van der Waals surface area contributed by atoms with Gasteiger partial charge in [0.25, 0.3) is 11.2 Å². The number of aromatic hydroxyl groups is 1. The van der Waals surface area contributed by atoms with E-state index in [9.17, 15) is 14.7 Å². The van der Waals surface area contributed by atoms with Gasteiger partial charge in [0.2, 0.25) is 5.91 Å². The van der Waals surface area contributed by atoms with E-state index in [4.69, 9.17) is 22.9 Å². The Morgan fingerprint density at radius 1 is 1.23 bits per heavy atom. The van der Waals surface area contributed by atoms with Gasteiger partial charge in [-0.3, -0.25) is 14.2 Å². The number of pyridine rings is 1. The van der Waals surface area contributed by atoms with Crippen LogP contribution in [0.5, 0.6) is 11.5 Å². The Labute approximate surface area is 260 Å². The van der Waals surface area contributed by atoms with E-state index < -0.39 is 11.4 Å². The molecule has 1 aliphatic heterocycles. The van der Waals surface area contributed by atoms with Gasteiger partial charge in [-0.25, -0.2) is 9.24 Å². The third-order valence-electron chi connectivity index (χ3n) is 8.07. The van der Waals surface area contributed by atoms with Crippen molar-refractivity contribution in [3.8, 4) is 28.3 Å². The SMILES string of the molecule is [C-]#[N+]c1c(N2CCN(C(=O)C=C)C[C@@H]2C)c2cc(O)c(-c3c(F)cc(OC)cc3Cl)cc2n(-c2ccccc2C(C)C)c1=O. The lowest BCUT2D eigenvalue weighted by atomic mass is 9.97. The van der Waals surface area contributed by atoms with Crippen LogP contribution in [0.2, 0.25) is 5.02 Å². The zero-order valence-electron chi connectivity index (χ0n) is 24.9. The topological polar surface area (TPSA) is 79.4 Å². The van der Waals surface area contributed by atoms with E-state index in [1.54, 1.807) is 17.0 Å². The minimum atomic E-state index is -0.713. The number of carbonyl (C=O) groups excluding carboxylic acids is 1. The third-order valence-corrected chi connectivity index (χ3v) is 8.37. The molecule has 1 saturated heterocycles. The lowest BCUT2D eigenvalue weighted by Crippen LogP contribution is -2.53. The maximum Gasteiger partial charge on any atom is 0.274 e. The first-order valence-electron chi connectivity index (χ1n) is 14.2. The maximum atomic E-state index is 15.5. The fraction of sp³-hybridized carbons (Fsp3) is 0.265. The van der Waals surface area contributed by atoms with Crippen LogP contribution in [0.15, 0.2) is 66.0 Å². The minimum Gasteiger partial charge on any atom is -0.507 e. The molecule has 1 N–H and O–H groups in total. The average molecular weight is 615 g/mol. The smallest absolute Gasteiger partial charge is 0.274 e. The molecule has 0 aliphatic carbocycles. The Bertz CT molecular complexity index is 1890. The number of phenols is 1. The number of aromatic nitrogens is 1. The summed E-state index contributed by atoms with van der Waals surface area (Å²) >= 11 is 6.51. The number of benzene rings is 3. The maximum absolute atomic E-state index is 15.5. The van der Waals surface area contributed by atoms with Crippen molar-refractivity contribution < 1.29 is 19.0 Å². The molecule has 1 aromatic heterocycles. The van der Waals surface area contributed by atoms with Gasteiger partial charge in [0, 0.05) is 48.3 Å². The highest BCUT2D eigenvalue weighted by molar-refractivity contribution is 6.33. The summed E-state index contributed by atoms with van der Waals surface area (Å²) in [6.45, 7) is 18.6. The number of para-hydroxylation sites is 1. The molecule has 1 aliphatic rings. The predicted octanol–water partition coefficient (Wildman–Crippen LogP) is 7.06. The van der Waals surface area contributed by atoms with Crippen molar-refractivity contribution in [2.45, 2.75) is 32.7 Å². The van der Waals surface area contributed by atoms with E-state index in [0.29, 0.717) is 41.9 Å². The van der Waals surface area contributed by atoms with Crippen LogP contribution in [-0.4, -0.2) is 53.3 Å². The summed E-state index contributed by atoms with van der Waals surface area (Å²) in [6, 6.07) is 12.8. The third kappa shape index (κ3) is 5.16. The number of hydrogen-bond acceptors (Lipinski definition) is 5. The van der Waals surface area contributed by atoms with E-state index in [0.717, 1.165) is 5.56 Å². The first-order chi connectivity index (χ1) is 21.0. The quantitative estimate of drug-likeness (QED) is 0.186. The molecule has 0 bridgehead atoms. The van der Waals surface area contributed by atoms with Crippen molar-refractivity contribution in [2.24, 2.45) is 0 Å². The zero-order valence-corrected chi connectivity index (χ0v) is 25.7. The fourth-order valence-electron chi connectivity index (χ4n) is 5.95. The number of amides is 1. The monoisotopic (exact) mass is 614 g/mol. The highest BCUT2D eigenvalue weighted by Crippen LogP contribution is 2.45.